The van der Waals surface area contributed by atoms with Crippen molar-refractivity contribution in [2.45, 2.75) is 4.90 Å². The molecule has 1 heterocycles. The number of hydrogen-bond acceptors (Lipinski definition) is 7. The highest BCUT2D eigenvalue weighted by atomic mass is 32.2. The number of nitrogens with zero attached hydrogens (tertiary/aromatic N) is 1. The molecule has 2 N–H and O–H groups in total. The fourth-order valence-electron chi connectivity index (χ4n) is 2.58. The highest BCUT2D eigenvalue weighted by Crippen LogP contribution is 2.37. The summed E-state index contributed by atoms with van der Waals surface area (Å²) in [5.74, 6) is 0.824. The zero-order valence-corrected chi connectivity index (χ0v) is 15.1. The molecule has 0 amide bonds. The fraction of sp³-hybridized carbons (Fsp3) is 0.600. The molecule has 1 aliphatic rings. The van der Waals surface area contributed by atoms with E-state index in [2.05, 4.69) is 14.9 Å². The molecule has 9 heteroatoms. The van der Waals surface area contributed by atoms with Crippen LogP contribution in [0, 0.1) is 0 Å². The Hall–Kier alpha value is -1.55. The van der Waals surface area contributed by atoms with Crippen LogP contribution in [-0.4, -0.2) is 73.9 Å². The van der Waals surface area contributed by atoms with Gasteiger partial charge in [0.05, 0.1) is 21.3 Å². The van der Waals surface area contributed by atoms with E-state index in [-0.39, 0.29) is 16.4 Å². The van der Waals surface area contributed by atoms with Gasteiger partial charge in [-0.2, -0.15) is 0 Å². The molecule has 1 aliphatic heterocycles. The van der Waals surface area contributed by atoms with E-state index in [1.165, 1.54) is 33.5 Å². The SMILES string of the molecule is COc1cc(OC)c(S(=O)(=O)NCCN2CCNCC2)c(OC)c1. The van der Waals surface area contributed by atoms with Crippen LogP contribution in [-0.2, 0) is 10.0 Å². The van der Waals surface area contributed by atoms with Crippen LogP contribution in [0.1, 0.15) is 0 Å². The Kier molecular flexibility index (Phi) is 6.67. The van der Waals surface area contributed by atoms with E-state index in [1.54, 1.807) is 0 Å². The lowest BCUT2D eigenvalue weighted by molar-refractivity contribution is 0.245. The Morgan fingerprint density at radius 2 is 1.67 bits per heavy atom. The Morgan fingerprint density at radius 1 is 1.08 bits per heavy atom. The summed E-state index contributed by atoms with van der Waals surface area (Å²) in [5.41, 5.74) is 0. The molecular formula is C15H25N3O5S. The predicted octanol–water partition coefficient (Wildman–Crippen LogP) is -0.104. The Labute approximate surface area is 143 Å². The average Bonchev–Trinajstić information content (AvgIpc) is 2.61. The molecule has 0 unspecified atom stereocenters. The first kappa shape index (κ1) is 18.8. The largest absolute Gasteiger partial charge is 0.496 e. The van der Waals surface area contributed by atoms with Crippen molar-refractivity contribution >= 4 is 10.0 Å². The summed E-state index contributed by atoms with van der Waals surface area (Å²) in [7, 11) is 0.546. The van der Waals surface area contributed by atoms with Crippen molar-refractivity contribution in [2.75, 3.05) is 60.6 Å². The molecule has 0 aromatic heterocycles. The van der Waals surface area contributed by atoms with Crippen LogP contribution in [0.3, 0.4) is 0 Å². The van der Waals surface area contributed by atoms with Crippen LogP contribution >= 0.6 is 0 Å². The van der Waals surface area contributed by atoms with Crippen molar-refractivity contribution in [1.82, 2.24) is 14.9 Å². The molecule has 2 rings (SSSR count). The van der Waals surface area contributed by atoms with Crippen LogP contribution in [0.25, 0.3) is 0 Å². The third-order valence-electron chi connectivity index (χ3n) is 3.87. The normalized spacial score (nSPS) is 16.0. The van der Waals surface area contributed by atoms with Crippen LogP contribution in [0.5, 0.6) is 17.2 Å². The quantitative estimate of drug-likeness (QED) is 0.670. The monoisotopic (exact) mass is 359 g/mol. The first-order chi connectivity index (χ1) is 11.5. The second-order valence-corrected chi connectivity index (χ2v) is 7.05. The highest BCUT2D eigenvalue weighted by molar-refractivity contribution is 7.89. The van der Waals surface area contributed by atoms with Gasteiger partial charge < -0.3 is 19.5 Å². The maximum atomic E-state index is 12.7. The van der Waals surface area contributed by atoms with Gasteiger partial charge in [-0.15, -0.1) is 0 Å². The molecule has 0 saturated carbocycles. The zero-order valence-electron chi connectivity index (χ0n) is 14.3. The smallest absolute Gasteiger partial charge is 0.248 e. The number of rotatable bonds is 8. The van der Waals surface area contributed by atoms with Gasteiger partial charge >= 0.3 is 0 Å². The highest BCUT2D eigenvalue weighted by Gasteiger charge is 2.26. The third-order valence-corrected chi connectivity index (χ3v) is 5.39. The molecule has 24 heavy (non-hydrogen) atoms. The Bertz CT molecular complexity index is 620. The van der Waals surface area contributed by atoms with Crippen molar-refractivity contribution in [3.63, 3.8) is 0 Å². The molecule has 1 aromatic rings. The van der Waals surface area contributed by atoms with Crippen LogP contribution in [0.2, 0.25) is 0 Å². The molecule has 8 nitrogen and oxygen atoms in total. The van der Waals surface area contributed by atoms with E-state index < -0.39 is 10.0 Å². The van der Waals surface area contributed by atoms with E-state index in [0.717, 1.165) is 26.2 Å². The maximum absolute atomic E-state index is 12.7. The first-order valence-corrected chi connectivity index (χ1v) is 9.23. The van der Waals surface area contributed by atoms with E-state index in [9.17, 15) is 8.42 Å². The fourth-order valence-corrected chi connectivity index (χ4v) is 3.90. The van der Waals surface area contributed by atoms with Gasteiger partial charge in [0.1, 0.15) is 17.2 Å². The van der Waals surface area contributed by atoms with Crippen LogP contribution in [0.4, 0.5) is 0 Å². The molecule has 0 radical (unpaired) electrons. The van der Waals surface area contributed by atoms with Gasteiger partial charge in [0.2, 0.25) is 10.0 Å². The van der Waals surface area contributed by atoms with Gasteiger partial charge in [-0.05, 0) is 0 Å². The summed E-state index contributed by atoms with van der Waals surface area (Å²) in [5, 5.41) is 3.26. The standard InChI is InChI=1S/C15H25N3O5S/c1-21-12-10-13(22-2)15(14(11-12)23-3)24(19,20)17-6-9-18-7-4-16-5-8-18/h10-11,16-17H,4-9H2,1-3H3. The molecular weight excluding hydrogens is 334 g/mol. The first-order valence-electron chi connectivity index (χ1n) is 7.74. The topological polar surface area (TPSA) is 89.1 Å². The number of sulfonamides is 1. The number of nitrogens with one attached hydrogen (secondary N) is 2. The van der Waals surface area contributed by atoms with Crippen LogP contribution < -0.4 is 24.2 Å². The van der Waals surface area contributed by atoms with E-state index >= 15 is 0 Å². The minimum absolute atomic E-state index is 0.0198. The molecule has 136 valence electrons. The zero-order chi connectivity index (χ0) is 17.6. The van der Waals surface area contributed by atoms with Crippen molar-refractivity contribution < 1.29 is 22.6 Å². The number of benzene rings is 1. The van der Waals surface area contributed by atoms with Gasteiger partial charge in [-0.1, -0.05) is 0 Å². The average molecular weight is 359 g/mol. The lowest BCUT2D eigenvalue weighted by atomic mass is 10.3. The third kappa shape index (κ3) is 4.50. The molecule has 0 atom stereocenters. The minimum atomic E-state index is -3.77. The Morgan fingerprint density at radius 3 is 2.17 bits per heavy atom. The molecule has 1 saturated heterocycles. The number of methoxy groups -OCH3 is 3. The molecule has 0 spiro atoms. The van der Waals surface area contributed by atoms with E-state index in [0.29, 0.717) is 18.8 Å². The van der Waals surface area contributed by atoms with Crippen molar-refractivity contribution in [3.05, 3.63) is 12.1 Å². The van der Waals surface area contributed by atoms with Gasteiger partial charge in [-0.25, -0.2) is 13.1 Å². The van der Waals surface area contributed by atoms with Crippen LogP contribution in [0.15, 0.2) is 17.0 Å². The lowest BCUT2D eigenvalue weighted by Gasteiger charge is -2.27. The minimum Gasteiger partial charge on any atom is -0.496 e. The predicted molar refractivity (Wildman–Crippen MR) is 90.6 cm³/mol. The molecule has 1 fully saturated rings. The summed E-state index contributed by atoms with van der Waals surface area (Å²) >= 11 is 0. The van der Waals surface area contributed by atoms with Gasteiger partial charge in [0.25, 0.3) is 0 Å². The number of ether oxygens (including phenoxy) is 3. The molecule has 0 aliphatic carbocycles. The van der Waals surface area contributed by atoms with Crippen molar-refractivity contribution in [2.24, 2.45) is 0 Å². The van der Waals surface area contributed by atoms with Crippen molar-refractivity contribution in [1.29, 1.82) is 0 Å². The molecule has 1 aromatic carbocycles. The van der Waals surface area contributed by atoms with Gasteiger partial charge in [0.15, 0.2) is 4.90 Å². The Balaban J connectivity index is 2.15. The number of piperazine rings is 1. The van der Waals surface area contributed by atoms with Crippen molar-refractivity contribution in [3.8, 4) is 17.2 Å². The summed E-state index contributed by atoms with van der Waals surface area (Å²) in [6.45, 7) is 4.65. The summed E-state index contributed by atoms with van der Waals surface area (Å²) in [4.78, 5) is 2.19. The van der Waals surface area contributed by atoms with Gasteiger partial charge in [0, 0.05) is 51.4 Å². The summed E-state index contributed by atoms with van der Waals surface area (Å²) in [6, 6.07) is 3.04. The summed E-state index contributed by atoms with van der Waals surface area (Å²) < 4.78 is 43.6. The lowest BCUT2D eigenvalue weighted by Crippen LogP contribution is -2.46. The van der Waals surface area contributed by atoms with Gasteiger partial charge in [-0.3, -0.25) is 4.90 Å². The second-order valence-electron chi connectivity index (χ2n) is 5.35. The van der Waals surface area contributed by atoms with E-state index in [4.69, 9.17) is 14.2 Å². The molecule has 0 bridgehead atoms. The second kappa shape index (κ2) is 8.52. The maximum Gasteiger partial charge on any atom is 0.248 e. The number of hydrogen-bond donors (Lipinski definition) is 2. The summed E-state index contributed by atoms with van der Waals surface area (Å²) in [6.07, 6.45) is 0. The van der Waals surface area contributed by atoms with E-state index in [1.807, 2.05) is 0 Å².